The molecule has 7 heteroatoms. The van der Waals surface area contributed by atoms with E-state index in [-0.39, 0.29) is 5.56 Å². The Kier molecular flexibility index (Phi) is 4.47. The first kappa shape index (κ1) is 16.6. The molecule has 3 rings (SSSR count). The van der Waals surface area contributed by atoms with Gasteiger partial charge in [0.2, 0.25) is 11.9 Å². The number of allylic oxidation sites excluding steroid dienone is 1. The molecule has 0 radical (unpaired) electrons. The van der Waals surface area contributed by atoms with Crippen LogP contribution in [0.5, 0.6) is 5.75 Å². The highest BCUT2D eigenvalue weighted by atomic mass is 16.5. The second kappa shape index (κ2) is 6.72. The van der Waals surface area contributed by atoms with Crippen LogP contribution in [0.4, 0.5) is 11.9 Å². The van der Waals surface area contributed by atoms with E-state index in [1.165, 1.54) is 0 Å². The van der Waals surface area contributed by atoms with Crippen LogP contribution in [0.3, 0.4) is 0 Å². The van der Waals surface area contributed by atoms with Crippen molar-refractivity contribution in [1.82, 2.24) is 19.9 Å². The highest BCUT2D eigenvalue weighted by Gasteiger charge is 2.11. The molecule has 0 amide bonds. The lowest BCUT2D eigenvalue weighted by atomic mass is 10.2. The van der Waals surface area contributed by atoms with Gasteiger partial charge in [-0.05, 0) is 26.3 Å². The number of methoxy groups -OCH3 is 1. The van der Waals surface area contributed by atoms with Gasteiger partial charge in [0.15, 0.2) is 0 Å². The topological polar surface area (TPSA) is 92.8 Å². The molecule has 25 heavy (non-hydrogen) atoms. The highest BCUT2D eigenvalue weighted by Crippen LogP contribution is 2.26. The molecule has 1 aromatic carbocycles. The van der Waals surface area contributed by atoms with Gasteiger partial charge in [-0.25, -0.2) is 15.0 Å². The number of ether oxygens (including phenoxy) is 1. The first-order valence-corrected chi connectivity index (χ1v) is 7.82. The third-order valence-corrected chi connectivity index (χ3v) is 3.90. The van der Waals surface area contributed by atoms with Crippen molar-refractivity contribution in [1.29, 1.82) is 0 Å². The summed E-state index contributed by atoms with van der Waals surface area (Å²) in [5.74, 6) is 1.29. The molecule has 0 aliphatic heterocycles. The van der Waals surface area contributed by atoms with Gasteiger partial charge in [0.1, 0.15) is 11.3 Å². The van der Waals surface area contributed by atoms with Crippen molar-refractivity contribution in [2.75, 3.05) is 12.4 Å². The average Bonchev–Trinajstić information content (AvgIpc) is 2.58. The molecule has 2 N–H and O–H groups in total. The summed E-state index contributed by atoms with van der Waals surface area (Å²) in [6.45, 7) is 7.33. The van der Waals surface area contributed by atoms with Crippen LogP contribution in [0.2, 0.25) is 0 Å². The molecule has 3 aromatic rings. The van der Waals surface area contributed by atoms with E-state index in [1.54, 1.807) is 20.1 Å². The van der Waals surface area contributed by atoms with Crippen molar-refractivity contribution in [2.24, 2.45) is 0 Å². The summed E-state index contributed by atoms with van der Waals surface area (Å²) >= 11 is 0. The first-order chi connectivity index (χ1) is 12.0. The zero-order valence-corrected chi connectivity index (χ0v) is 14.4. The molecule has 0 bridgehead atoms. The van der Waals surface area contributed by atoms with Gasteiger partial charge >= 0.3 is 0 Å². The van der Waals surface area contributed by atoms with E-state index in [2.05, 4.69) is 31.8 Å². The number of anilines is 2. The van der Waals surface area contributed by atoms with E-state index in [1.807, 2.05) is 25.1 Å². The number of fused-ring (bicyclic) bond motifs is 1. The van der Waals surface area contributed by atoms with Gasteiger partial charge in [-0.3, -0.25) is 15.1 Å². The van der Waals surface area contributed by atoms with Crippen LogP contribution in [-0.4, -0.2) is 27.0 Å². The lowest BCUT2D eigenvalue weighted by molar-refractivity contribution is 0.419. The number of nitrogens with one attached hydrogen (secondary N) is 2. The largest absolute Gasteiger partial charge is 0.494 e. The standard InChI is InChI=1S/C18H19N5O2/c1-5-7-13-11(3)20-18(22-16(13)24)23-17-19-10(2)12-8-6-9-14(25-4)15(12)21-17/h5-6,8-9H,1,7H2,2-4H3,(H2,19,20,21,22,23,24). The zero-order valence-electron chi connectivity index (χ0n) is 14.4. The summed E-state index contributed by atoms with van der Waals surface area (Å²) < 4.78 is 5.37. The summed E-state index contributed by atoms with van der Waals surface area (Å²) in [5, 5.41) is 3.88. The molecule has 7 nitrogen and oxygen atoms in total. The number of nitrogens with zero attached hydrogens (tertiary/aromatic N) is 3. The van der Waals surface area contributed by atoms with Crippen molar-refractivity contribution < 1.29 is 4.74 Å². The minimum atomic E-state index is -0.204. The van der Waals surface area contributed by atoms with Gasteiger partial charge in [0.05, 0.1) is 18.5 Å². The van der Waals surface area contributed by atoms with Gasteiger partial charge < -0.3 is 4.74 Å². The Hall–Kier alpha value is -3.22. The zero-order chi connectivity index (χ0) is 18.0. The van der Waals surface area contributed by atoms with E-state index < -0.39 is 0 Å². The van der Waals surface area contributed by atoms with Crippen LogP contribution in [0, 0.1) is 13.8 Å². The Labute approximate surface area is 144 Å². The number of para-hydroxylation sites is 1. The van der Waals surface area contributed by atoms with E-state index in [0.29, 0.717) is 40.8 Å². The summed E-state index contributed by atoms with van der Waals surface area (Å²) in [7, 11) is 1.60. The summed E-state index contributed by atoms with van der Waals surface area (Å²) in [5.41, 5.74) is 2.53. The Morgan fingerprint density at radius 3 is 2.72 bits per heavy atom. The van der Waals surface area contributed by atoms with Crippen LogP contribution in [0.25, 0.3) is 10.9 Å². The summed E-state index contributed by atoms with van der Waals surface area (Å²) in [6, 6.07) is 5.67. The number of rotatable bonds is 5. The number of H-pyrrole nitrogens is 1. The highest BCUT2D eigenvalue weighted by molar-refractivity contribution is 5.87. The maximum Gasteiger partial charge on any atom is 0.256 e. The number of aryl methyl sites for hydroxylation is 2. The number of hydrogen-bond acceptors (Lipinski definition) is 6. The summed E-state index contributed by atoms with van der Waals surface area (Å²) in [6.07, 6.45) is 2.14. The van der Waals surface area contributed by atoms with Gasteiger partial charge in [-0.1, -0.05) is 18.2 Å². The SMILES string of the molecule is C=CCc1c(C)nc(Nc2nc(C)c3cccc(OC)c3n2)[nH]c1=O. The monoisotopic (exact) mass is 337 g/mol. The maximum atomic E-state index is 12.2. The molecule has 0 atom stereocenters. The fraction of sp³-hybridized carbons (Fsp3) is 0.222. The van der Waals surface area contributed by atoms with Gasteiger partial charge in [0.25, 0.3) is 5.56 Å². The molecule has 0 spiro atoms. The molecule has 0 unspecified atom stereocenters. The van der Waals surface area contributed by atoms with E-state index in [4.69, 9.17) is 4.74 Å². The Morgan fingerprint density at radius 2 is 2.04 bits per heavy atom. The molecule has 0 saturated heterocycles. The Morgan fingerprint density at radius 1 is 1.24 bits per heavy atom. The number of hydrogen-bond donors (Lipinski definition) is 2. The van der Waals surface area contributed by atoms with Crippen molar-refractivity contribution in [3.8, 4) is 5.75 Å². The summed E-state index contributed by atoms with van der Waals surface area (Å²) in [4.78, 5) is 28.2. The Bertz CT molecular complexity index is 1010. The van der Waals surface area contributed by atoms with Crippen LogP contribution >= 0.6 is 0 Å². The molecule has 0 aliphatic rings. The molecule has 2 aromatic heterocycles. The van der Waals surface area contributed by atoms with Gasteiger partial charge in [-0.15, -0.1) is 6.58 Å². The molecule has 2 heterocycles. The molecular weight excluding hydrogens is 318 g/mol. The van der Waals surface area contributed by atoms with E-state index >= 15 is 0 Å². The molecule has 128 valence electrons. The quantitative estimate of drug-likeness (QED) is 0.696. The number of aromatic amines is 1. The predicted molar refractivity (Wildman–Crippen MR) is 97.6 cm³/mol. The fourth-order valence-electron chi connectivity index (χ4n) is 2.66. The van der Waals surface area contributed by atoms with Crippen molar-refractivity contribution in [3.63, 3.8) is 0 Å². The molecule has 0 fully saturated rings. The average molecular weight is 337 g/mol. The normalized spacial score (nSPS) is 10.7. The van der Waals surface area contributed by atoms with Gasteiger partial charge in [-0.2, -0.15) is 0 Å². The lowest BCUT2D eigenvalue weighted by Crippen LogP contribution is -2.18. The number of benzene rings is 1. The smallest absolute Gasteiger partial charge is 0.256 e. The minimum Gasteiger partial charge on any atom is -0.494 e. The first-order valence-electron chi connectivity index (χ1n) is 7.82. The third-order valence-electron chi connectivity index (χ3n) is 3.90. The van der Waals surface area contributed by atoms with Crippen LogP contribution in [0.15, 0.2) is 35.6 Å². The molecular formula is C18H19N5O2. The lowest BCUT2D eigenvalue weighted by Gasteiger charge is -2.10. The van der Waals surface area contributed by atoms with Crippen molar-refractivity contribution in [2.45, 2.75) is 20.3 Å². The fourth-order valence-corrected chi connectivity index (χ4v) is 2.66. The predicted octanol–water partition coefficient (Wildman–Crippen LogP) is 2.81. The second-order valence-electron chi connectivity index (χ2n) is 5.59. The molecule has 0 saturated carbocycles. The van der Waals surface area contributed by atoms with Gasteiger partial charge in [0, 0.05) is 10.9 Å². The molecule has 0 aliphatic carbocycles. The van der Waals surface area contributed by atoms with Crippen molar-refractivity contribution >= 4 is 22.8 Å². The minimum absolute atomic E-state index is 0.204. The Balaban J connectivity index is 2.04. The second-order valence-corrected chi connectivity index (χ2v) is 5.59. The number of aromatic nitrogens is 4. The van der Waals surface area contributed by atoms with Crippen molar-refractivity contribution in [3.05, 3.63) is 58.2 Å². The van der Waals surface area contributed by atoms with E-state index in [0.717, 1.165) is 11.1 Å². The van der Waals surface area contributed by atoms with Crippen LogP contribution < -0.4 is 15.6 Å². The maximum absolute atomic E-state index is 12.2. The van der Waals surface area contributed by atoms with E-state index in [9.17, 15) is 4.79 Å². The van der Waals surface area contributed by atoms with Crippen LogP contribution in [0.1, 0.15) is 17.0 Å². The third kappa shape index (κ3) is 3.21. The van der Waals surface area contributed by atoms with Crippen LogP contribution in [-0.2, 0) is 6.42 Å².